The Bertz CT molecular complexity index is 1230. The van der Waals surface area contributed by atoms with Crippen LogP contribution < -0.4 is 14.8 Å². The fourth-order valence-electron chi connectivity index (χ4n) is 3.42. The number of aliphatic hydroxyl groups excluding tert-OH is 1. The molecule has 0 aliphatic heterocycles. The lowest BCUT2D eigenvalue weighted by Crippen LogP contribution is -2.21. The number of aliphatic hydroxyl groups is 1. The first-order chi connectivity index (χ1) is 16.6. The van der Waals surface area contributed by atoms with E-state index in [0.717, 1.165) is 5.56 Å². The van der Waals surface area contributed by atoms with Crippen molar-refractivity contribution in [2.24, 2.45) is 0 Å². The minimum atomic E-state index is -0.936. The highest BCUT2D eigenvalue weighted by atomic mass is 35.5. The van der Waals surface area contributed by atoms with Crippen LogP contribution in [0.1, 0.15) is 22.8 Å². The molecule has 0 radical (unpaired) electrons. The van der Waals surface area contributed by atoms with Gasteiger partial charge in [-0.15, -0.1) is 0 Å². The molecule has 34 heavy (non-hydrogen) atoms. The molecule has 6 heteroatoms. The van der Waals surface area contributed by atoms with E-state index >= 15 is 0 Å². The highest BCUT2D eigenvalue weighted by Crippen LogP contribution is 2.31. The quantitative estimate of drug-likeness (QED) is 0.312. The molecule has 4 aromatic rings. The van der Waals surface area contributed by atoms with Crippen LogP contribution in [-0.2, 0) is 11.4 Å². The van der Waals surface area contributed by atoms with Gasteiger partial charge in [0, 0.05) is 22.3 Å². The Balaban J connectivity index is 1.37. The molecule has 0 aliphatic carbocycles. The summed E-state index contributed by atoms with van der Waals surface area (Å²) in [4.78, 5) is 12.6. The average molecular weight is 474 g/mol. The van der Waals surface area contributed by atoms with Crippen molar-refractivity contribution in [2.45, 2.75) is 12.7 Å². The number of hydrogen-bond acceptors (Lipinski definition) is 4. The maximum Gasteiger partial charge on any atom is 0.262 e. The normalized spacial score (nSPS) is 11.5. The van der Waals surface area contributed by atoms with Crippen molar-refractivity contribution in [3.8, 4) is 11.5 Å². The molecule has 0 heterocycles. The van der Waals surface area contributed by atoms with Crippen molar-refractivity contribution in [3.05, 3.63) is 125 Å². The van der Waals surface area contributed by atoms with Crippen molar-refractivity contribution < 1.29 is 19.4 Å². The fourth-order valence-corrected chi connectivity index (χ4v) is 3.60. The second-order valence-electron chi connectivity index (χ2n) is 7.63. The Hall–Kier alpha value is -3.80. The van der Waals surface area contributed by atoms with Gasteiger partial charge < -0.3 is 19.9 Å². The van der Waals surface area contributed by atoms with Crippen LogP contribution in [-0.4, -0.2) is 17.6 Å². The number of carbonyl (C=O) groups excluding carboxylic acids is 1. The summed E-state index contributed by atoms with van der Waals surface area (Å²) in [5.41, 5.74) is 2.73. The third kappa shape index (κ3) is 6.38. The Kier molecular flexibility index (Phi) is 7.81. The molecular formula is C28H24ClNO4. The number of rotatable bonds is 9. The summed E-state index contributed by atoms with van der Waals surface area (Å²) in [5, 5.41) is 14.1. The van der Waals surface area contributed by atoms with Crippen molar-refractivity contribution >= 4 is 23.2 Å². The van der Waals surface area contributed by atoms with Gasteiger partial charge in [0.25, 0.3) is 5.91 Å². The Labute approximate surface area is 203 Å². The predicted molar refractivity (Wildman–Crippen MR) is 133 cm³/mol. The minimum Gasteiger partial charge on any atom is -0.489 e. The molecule has 1 atom stereocenters. The van der Waals surface area contributed by atoms with Crippen LogP contribution in [0.3, 0.4) is 0 Å². The number of amides is 1. The topological polar surface area (TPSA) is 67.8 Å². The molecule has 0 saturated heterocycles. The SMILES string of the molecule is O=C(COc1cccc(OCc2ccccc2)c1)Nc1ccc(Cl)cc1[C@@H](O)c1ccccc1. The van der Waals surface area contributed by atoms with E-state index in [9.17, 15) is 9.90 Å². The third-order valence-electron chi connectivity index (χ3n) is 5.12. The first kappa shape index (κ1) is 23.4. The lowest BCUT2D eigenvalue weighted by atomic mass is 10.00. The number of ether oxygens (including phenoxy) is 2. The number of halogens is 1. The van der Waals surface area contributed by atoms with Crippen LogP contribution in [0.5, 0.6) is 11.5 Å². The molecule has 0 saturated carbocycles. The zero-order valence-electron chi connectivity index (χ0n) is 18.4. The first-order valence-electron chi connectivity index (χ1n) is 10.8. The van der Waals surface area contributed by atoms with Gasteiger partial charge in [-0.25, -0.2) is 0 Å². The number of anilines is 1. The van der Waals surface area contributed by atoms with Crippen LogP contribution >= 0.6 is 11.6 Å². The molecule has 0 aromatic heterocycles. The van der Waals surface area contributed by atoms with Crippen molar-refractivity contribution in [1.82, 2.24) is 0 Å². The van der Waals surface area contributed by atoms with Crippen LogP contribution in [0.4, 0.5) is 5.69 Å². The summed E-state index contributed by atoms with van der Waals surface area (Å²) >= 11 is 6.15. The zero-order chi connectivity index (χ0) is 23.8. The van der Waals surface area contributed by atoms with Crippen LogP contribution in [0.2, 0.25) is 5.02 Å². The molecule has 4 rings (SSSR count). The van der Waals surface area contributed by atoms with E-state index in [1.165, 1.54) is 0 Å². The second-order valence-corrected chi connectivity index (χ2v) is 8.07. The van der Waals surface area contributed by atoms with Gasteiger partial charge >= 0.3 is 0 Å². The lowest BCUT2D eigenvalue weighted by Gasteiger charge is -2.17. The van der Waals surface area contributed by atoms with E-state index in [4.69, 9.17) is 21.1 Å². The van der Waals surface area contributed by atoms with Crippen LogP contribution in [0.15, 0.2) is 103 Å². The van der Waals surface area contributed by atoms with Gasteiger partial charge in [0.1, 0.15) is 24.2 Å². The fraction of sp³-hybridized carbons (Fsp3) is 0.107. The smallest absolute Gasteiger partial charge is 0.262 e. The van der Waals surface area contributed by atoms with E-state index in [1.807, 2.05) is 66.7 Å². The second kappa shape index (κ2) is 11.4. The third-order valence-corrected chi connectivity index (χ3v) is 5.36. The van der Waals surface area contributed by atoms with Crippen LogP contribution in [0.25, 0.3) is 0 Å². The molecule has 2 N–H and O–H groups in total. The number of hydrogen-bond donors (Lipinski definition) is 2. The van der Waals surface area contributed by atoms with E-state index in [1.54, 1.807) is 36.4 Å². The maximum atomic E-state index is 12.6. The summed E-state index contributed by atoms with van der Waals surface area (Å²) in [6.45, 7) is 0.236. The molecule has 0 unspecified atom stereocenters. The lowest BCUT2D eigenvalue weighted by molar-refractivity contribution is -0.118. The molecule has 4 aromatic carbocycles. The summed E-state index contributed by atoms with van der Waals surface area (Å²) in [6.07, 6.45) is -0.936. The van der Waals surface area contributed by atoms with Crippen molar-refractivity contribution in [3.63, 3.8) is 0 Å². The molecule has 0 bridgehead atoms. The van der Waals surface area contributed by atoms with E-state index in [2.05, 4.69) is 5.32 Å². The molecule has 0 aliphatic rings. The highest BCUT2D eigenvalue weighted by Gasteiger charge is 2.17. The molecule has 5 nitrogen and oxygen atoms in total. The van der Waals surface area contributed by atoms with E-state index < -0.39 is 6.10 Å². The molecular weight excluding hydrogens is 450 g/mol. The molecule has 1 amide bonds. The summed E-state index contributed by atoms with van der Waals surface area (Å²) in [6, 6.07) is 31.1. The van der Waals surface area contributed by atoms with Crippen molar-refractivity contribution in [1.29, 1.82) is 0 Å². The number of carbonyl (C=O) groups is 1. The van der Waals surface area contributed by atoms with Gasteiger partial charge in [-0.3, -0.25) is 4.79 Å². The molecule has 172 valence electrons. The van der Waals surface area contributed by atoms with E-state index in [-0.39, 0.29) is 12.5 Å². The Morgan fingerprint density at radius 1 is 0.824 bits per heavy atom. The Morgan fingerprint density at radius 2 is 1.50 bits per heavy atom. The number of nitrogens with one attached hydrogen (secondary N) is 1. The zero-order valence-corrected chi connectivity index (χ0v) is 19.1. The van der Waals surface area contributed by atoms with Crippen molar-refractivity contribution in [2.75, 3.05) is 11.9 Å². The van der Waals surface area contributed by atoms with E-state index in [0.29, 0.717) is 39.9 Å². The predicted octanol–water partition coefficient (Wildman–Crippen LogP) is 6.02. The summed E-state index contributed by atoms with van der Waals surface area (Å²) < 4.78 is 11.5. The van der Waals surface area contributed by atoms with Crippen LogP contribution in [0, 0.1) is 0 Å². The maximum absolute atomic E-state index is 12.6. The van der Waals surface area contributed by atoms with Gasteiger partial charge in [0.2, 0.25) is 0 Å². The monoisotopic (exact) mass is 473 g/mol. The van der Waals surface area contributed by atoms with Gasteiger partial charge in [0.05, 0.1) is 0 Å². The number of benzene rings is 4. The van der Waals surface area contributed by atoms with Gasteiger partial charge in [-0.2, -0.15) is 0 Å². The minimum absolute atomic E-state index is 0.203. The molecule has 0 spiro atoms. The van der Waals surface area contributed by atoms with Gasteiger partial charge in [0.15, 0.2) is 6.61 Å². The van der Waals surface area contributed by atoms with Gasteiger partial charge in [-0.05, 0) is 41.5 Å². The average Bonchev–Trinajstić information content (AvgIpc) is 2.88. The summed E-state index contributed by atoms with van der Waals surface area (Å²) in [5.74, 6) is 0.800. The highest BCUT2D eigenvalue weighted by molar-refractivity contribution is 6.30. The standard InChI is InChI=1S/C28H24ClNO4/c29-22-14-15-26(25(16-22)28(32)21-10-5-2-6-11-21)30-27(31)19-34-24-13-7-12-23(17-24)33-18-20-8-3-1-4-9-20/h1-17,28,32H,18-19H2,(H,30,31)/t28-/m0/s1. The largest absolute Gasteiger partial charge is 0.489 e. The summed E-state index contributed by atoms with van der Waals surface area (Å²) in [7, 11) is 0. The van der Waals surface area contributed by atoms with Gasteiger partial charge in [-0.1, -0.05) is 78.3 Å². The molecule has 0 fully saturated rings. The Morgan fingerprint density at radius 3 is 2.24 bits per heavy atom. The first-order valence-corrected chi connectivity index (χ1v) is 11.2.